The van der Waals surface area contributed by atoms with Crippen LogP contribution in [0.15, 0.2) is 24.3 Å². The maximum Gasteiger partial charge on any atom is 0.224 e. The molecule has 0 radical (unpaired) electrons. The molecule has 0 bridgehead atoms. The van der Waals surface area contributed by atoms with Crippen molar-refractivity contribution in [2.45, 2.75) is 46.2 Å². The van der Waals surface area contributed by atoms with Crippen LogP contribution in [-0.4, -0.2) is 11.9 Å². The van der Waals surface area contributed by atoms with Crippen LogP contribution in [-0.2, 0) is 11.3 Å². The molecule has 94 valence electrons. The highest BCUT2D eigenvalue weighted by Gasteiger charge is 2.01. The van der Waals surface area contributed by atoms with Crippen molar-refractivity contribution in [3.05, 3.63) is 29.8 Å². The SMILES string of the molecule is CCCC(=O)Nc1cccc(CNC(C)C)c1. The summed E-state index contributed by atoms with van der Waals surface area (Å²) < 4.78 is 0. The average Bonchev–Trinajstić information content (AvgIpc) is 2.27. The fourth-order valence-corrected chi connectivity index (χ4v) is 1.53. The number of carbonyl (C=O) groups is 1. The second-order valence-corrected chi connectivity index (χ2v) is 4.53. The Bertz CT molecular complexity index is 361. The van der Waals surface area contributed by atoms with Gasteiger partial charge in [0.25, 0.3) is 0 Å². The first kappa shape index (κ1) is 13.7. The van der Waals surface area contributed by atoms with E-state index < -0.39 is 0 Å². The molecule has 0 saturated carbocycles. The van der Waals surface area contributed by atoms with Gasteiger partial charge in [-0.05, 0) is 24.1 Å². The van der Waals surface area contributed by atoms with Crippen LogP contribution in [0, 0.1) is 0 Å². The molecule has 1 aromatic carbocycles. The predicted molar refractivity (Wildman–Crippen MR) is 72.0 cm³/mol. The van der Waals surface area contributed by atoms with Gasteiger partial charge in [0.2, 0.25) is 5.91 Å². The Morgan fingerprint density at radius 2 is 2.12 bits per heavy atom. The van der Waals surface area contributed by atoms with E-state index in [1.165, 1.54) is 5.56 Å². The minimum atomic E-state index is 0.0847. The van der Waals surface area contributed by atoms with Gasteiger partial charge < -0.3 is 10.6 Å². The van der Waals surface area contributed by atoms with E-state index >= 15 is 0 Å². The molecule has 0 unspecified atom stereocenters. The Morgan fingerprint density at radius 3 is 2.76 bits per heavy atom. The van der Waals surface area contributed by atoms with Crippen LogP contribution in [0.5, 0.6) is 0 Å². The minimum Gasteiger partial charge on any atom is -0.326 e. The molecule has 0 spiro atoms. The molecular weight excluding hydrogens is 212 g/mol. The molecule has 2 N–H and O–H groups in total. The molecule has 0 aliphatic carbocycles. The van der Waals surface area contributed by atoms with Crippen LogP contribution in [0.25, 0.3) is 0 Å². The lowest BCUT2D eigenvalue weighted by atomic mass is 10.2. The maximum absolute atomic E-state index is 11.5. The molecule has 0 aliphatic heterocycles. The lowest BCUT2D eigenvalue weighted by molar-refractivity contribution is -0.116. The molecule has 1 rings (SSSR count). The zero-order chi connectivity index (χ0) is 12.7. The molecule has 0 aliphatic rings. The largest absolute Gasteiger partial charge is 0.326 e. The van der Waals surface area contributed by atoms with Crippen LogP contribution in [0.1, 0.15) is 39.2 Å². The first-order valence-corrected chi connectivity index (χ1v) is 6.24. The van der Waals surface area contributed by atoms with Crippen molar-refractivity contribution in [2.24, 2.45) is 0 Å². The van der Waals surface area contributed by atoms with Crippen LogP contribution < -0.4 is 10.6 Å². The summed E-state index contributed by atoms with van der Waals surface area (Å²) in [6.45, 7) is 7.07. The Kier molecular flexibility index (Phi) is 5.70. The van der Waals surface area contributed by atoms with E-state index in [1.807, 2.05) is 25.1 Å². The number of hydrogen-bond donors (Lipinski definition) is 2. The molecule has 0 saturated heterocycles. The summed E-state index contributed by atoms with van der Waals surface area (Å²) in [5.74, 6) is 0.0847. The number of benzene rings is 1. The van der Waals surface area contributed by atoms with Gasteiger partial charge in [-0.2, -0.15) is 0 Å². The molecule has 0 heterocycles. The highest BCUT2D eigenvalue weighted by Crippen LogP contribution is 2.11. The number of hydrogen-bond acceptors (Lipinski definition) is 2. The van der Waals surface area contributed by atoms with Gasteiger partial charge in [-0.25, -0.2) is 0 Å². The third kappa shape index (κ3) is 5.50. The quantitative estimate of drug-likeness (QED) is 0.794. The highest BCUT2D eigenvalue weighted by molar-refractivity contribution is 5.90. The molecule has 0 atom stereocenters. The van der Waals surface area contributed by atoms with Crippen LogP contribution in [0.3, 0.4) is 0 Å². The van der Waals surface area contributed by atoms with E-state index in [0.717, 1.165) is 18.7 Å². The monoisotopic (exact) mass is 234 g/mol. The van der Waals surface area contributed by atoms with Gasteiger partial charge >= 0.3 is 0 Å². The number of anilines is 1. The first-order valence-electron chi connectivity index (χ1n) is 6.24. The number of rotatable bonds is 6. The Hall–Kier alpha value is -1.35. The van der Waals surface area contributed by atoms with E-state index in [2.05, 4.69) is 30.5 Å². The van der Waals surface area contributed by atoms with Gasteiger partial charge in [0.05, 0.1) is 0 Å². The van der Waals surface area contributed by atoms with Crippen LogP contribution in [0.2, 0.25) is 0 Å². The summed E-state index contributed by atoms with van der Waals surface area (Å²) in [6.07, 6.45) is 1.45. The van der Waals surface area contributed by atoms with Crippen LogP contribution >= 0.6 is 0 Å². The standard InChI is InChI=1S/C14H22N2O/c1-4-6-14(17)16-13-8-5-7-12(9-13)10-15-11(2)3/h5,7-9,11,15H,4,6,10H2,1-3H3,(H,16,17). The average molecular weight is 234 g/mol. The summed E-state index contributed by atoms with van der Waals surface area (Å²) in [6, 6.07) is 8.44. The summed E-state index contributed by atoms with van der Waals surface area (Å²) >= 11 is 0. The summed E-state index contributed by atoms with van der Waals surface area (Å²) in [5, 5.41) is 6.26. The van der Waals surface area contributed by atoms with Crippen molar-refractivity contribution in [1.82, 2.24) is 5.32 Å². The van der Waals surface area contributed by atoms with Crippen molar-refractivity contribution in [3.8, 4) is 0 Å². The van der Waals surface area contributed by atoms with Crippen molar-refractivity contribution in [2.75, 3.05) is 5.32 Å². The molecule has 17 heavy (non-hydrogen) atoms. The molecular formula is C14H22N2O. The van der Waals surface area contributed by atoms with Gasteiger partial charge in [-0.3, -0.25) is 4.79 Å². The number of amides is 1. The topological polar surface area (TPSA) is 41.1 Å². The lowest BCUT2D eigenvalue weighted by Gasteiger charge is -2.10. The van der Waals surface area contributed by atoms with Gasteiger partial charge in [-0.15, -0.1) is 0 Å². The normalized spacial score (nSPS) is 10.6. The van der Waals surface area contributed by atoms with E-state index in [0.29, 0.717) is 12.5 Å². The Morgan fingerprint density at radius 1 is 1.35 bits per heavy atom. The summed E-state index contributed by atoms with van der Waals surface area (Å²) in [5.41, 5.74) is 2.07. The third-order valence-corrected chi connectivity index (χ3v) is 2.40. The second-order valence-electron chi connectivity index (χ2n) is 4.53. The van der Waals surface area contributed by atoms with E-state index in [1.54, 1.807) is 0 Å². The second kappa shape index (κ2) is 7.07. The lowest BCUT2D eigenvalue weighted by Crippen LogP contribution is -2.21. The van der Waals surface area contributed by atoms with Crippen molar-refractivity contribution in [1.29, 1.82) is 0 Å². The molecule has 0 aromatic heterocycles. The van der Waals surface area contributed by atoms with Crippen molar-refractivity contribution < 1.29 is 4.79 Å². The maximum atomic E-state index is 11.5. The van der Waals surface area contributed by atoms with E-state index in [4.69, 9.17) is 0 Å². The van der Waals surface area contributed by atoms with Crippen molar-refractivity contribution in [3.63, 3.8) is 0 Å². The number of carbonyl (C=O) groups excluding carboxylic acids is 1. The highest BCUT2D eigenvalue weighted by atomic mass is 16.1. The molecule has 3 nitrogen and oxygen atoms in total. The molecule has 1 aromatic rings. The Labute approximate surface area is 104 Å². The predicted octanol–water partition coefficient (Wildman–Crippen LogP) is 2.92. The van der Waals surface area contributed by atoms with Crippen LogP contribution in [0.4, 0.5) is 5.69 Å². The molecule has 3 heteroatoms. The van der Waals surface area contributed by atoms with Gasteiger partial charge in [0, 0.05) is 24.7 Å². The zero-order valence-corrected chi connectivity index (χ0v) is 10.9. The third-order valence-electron chi connectivity index (χ3n) is 2.40. The van der Waals surface area contributed by atoms with Gasteiger partial charge in [0.1, 0.15) is 0 Å². The fraction of sp³-hybridized carbons (Fsp3) is 0.500. The number of nitrogens with one attached hydrogen (secondary N) is 2. The van der Waals surface area contributed by atoms with E-state index in [-0.39, 0.29) is 5.91 Å². The minimum absolute atomic E-state index is 0.0847. The zero-order valence-electron chi connectivity index (χ0n) is 10.9. The molecule has 1 amide bonds. The molecule has 0 fully saturated rings. The summed E-state index contributed by atoms with van der Waals surface area (Å²) in [4.78, 5) is 11.5. The summed E-state index contributed by atoms with van der Waals surface area (Å²) in [7, 11) is 0. The van der Waals surface area contributed by atoms with E-state index in [9.17, 15) is 4.79 Å². The van der Waals surface area contributed by atoms with Gasteiger partial charge in [-0.1, -0.05) is 32.9 Å². The van der Waals surface area contributed by atoms with Crippen molar-refractivity contribution >= 4 is 11.6 Å². The van der Waals surface area contributed by atoms with Gasteiger partial charge in [0.15, 0.2) is 0 Å². The first-order chi connectivity index (χ1) is 8.11. The smallest absolute Gasteiger partial charge is 0.224 e. The Balaban J connectivity index is 2.56. The fourth-order valence-electron chi connectivity index (χ4n) is 1.53.